The first-order valence-electron chi connectivity index (χ1n) is 6.46. The minimum atomic E-state index is -0.0130. The lowest BCUT2D eigenvalue weighted by Gasteiger charge is -2.42. The van der Waals surface area contributed by atoms with E-state index in [1.807, 2.05) is 4.90 Å². The van der Waals surface area contributed by atoms with E-state index in [2.05, 4.69) is 25.8 Å². The molecule has 2 atom stereocenters. The molecule has 0 bridgehead atoms. The number of carbonyl (C=O) groups is 1. The van der Waals surface area contributed by atoms with E-state index in [1.54, 1.807) is 18.2 Å². The summed E-state index contributed by atoms with van der Waals surface area (Å²) in [6.45, 7) is 5.70. The van der Waals surface area contributed by atoms with Crippen LogP contribution in [-0.2, 0) is 0 Å². The summed E-state index contributed by atoms with van der Waals surface area (Å²) in [5.74, 6) is -0.0130. The number of nitrogen functional groups attached to an aromatic ring is 1. The zero-order chi connectivity index (χ0) is 14.2. The summed E-state index contributed by atoms with van der Waals surface area (Å²) in [5, 5.41) is 0.550. The fraction of sp³-hybridized carbons (Fsp3) is 0.500. The number of hydrogen-bond acceptors (Lipinski definition) is 3. The fourth-order valence-corrected chi connectivity index (χ4v) is 2.65. The van der Waals surface area contributed by atoms with Crippen molar-refractivity contribution < 1.29 is 4.79 Å². The van der Waals surface area contributed by atoms with Gasteiger partial charge in [0.2, 0.25) is 0 Å². The van der Waals surface area contributed by atoms with Gasteiger partial charge in [0.05, 0.1) is 5.56 Å². The summed E-state index contributed by atoms with van der Waals surface area (Å²) in [6.07, 6.45) is 0. The average molecular weight is 282 g/mol. The monoisotopic (exact) mass is 281 g/mol. The van der Waals surface area contributed by atoms with Gasteiger partial charge in [-0.2, -0.15) is 0 Å². The van der Waals surface area contributed by atoms with Crippen LogP contribution < -0.4 is 5.73 Å². The van der Waals surface area contributed by atoms with Gasteiger partial charge in [0.25, 0.3) is 5.91 Å². The highest BCUT2D eigenvalue weighted by atomic mass is 35.5. The van der Waals surface area contributed by atoms with Crippen LogP contribution in [0.3, 0.4) is 0 Å². The van der Waals surface area contributed by atoms with Crippen LogP contribution in [0.1, 0.15) is 24.2 Å². The van der Waals surface area contributed by atoms with E-state index >= 15 is 0 Å². The topological polar surface area (TPSA) is 49.6 Å². The van der Waals surface area contributed by atoms with Crippen LogP contribution in [0, 0.1) is 0 Å². The van der Waals surface area contributed by atoms with E-state index < -0.39 is 0 Å². The molecule has 0 aromatic heterocycles. The van der Waals surface area contributed by atoms with Crippen molar-refractivity contribution in [1.82, 2.24) is 9.80 Å². The van der Waals surface area contributed by atoms with Crippen molar-refractivity contribution in [3.05, 3.63) is 28.8 Å². The second kappa shape index (κ2) is 5.39. The molecule has 1 aliphatic heterocycles. The SMILES string of the molecule is CC1CN(C(=O)c2ccc(Cl)cc2N)CC(C)N1C. The Labute approximate surface area is 119 Å². The fourth-order valence-electron chi connectivity index (χ4n) is 2.47. The predicted molar refractivity (Wildman–Crippen MR) is 78.5 cm³/mol. The van der Waals surface area contributed by atoms with Crippen molar-refractivity contribution in [2.75, 3.05) is 25.9 Å². The zero-order valence-electron chi connectivity index (χ0n) is 11.6. The third-order valence-corrected chi connectivity index (χ3v) is 4.13. The van der Waals surface area contributed by atoms with Crippen molar-refractivity contribution in [3.8, 4) is 0 Å². The van der Waals surface area contributed by atoms with E-state index in [9.17, 15) is 4.79 Å². The number of carbonyl (C=O) groups excluding carboxylic acids is 1. The lowest BCUT2D eigenvalue weighted by molar-refractivity contribution is 0.0415. The second-order valence-electron chi connectivity index (χ2n) is 5.31. The molecular weight excluding hydrogens is 262 g/mol. The second-order valence-corrected chi connectivity index (χ2v) is 5.74. The number of piperazine rings is 1. The molecule has 0 radical (unpaired) electrons. The molecule has 1 fully saturated rings. The zero-order valence-corrected chi connectivity index (χ0v) is 12.3. The maximum atomic E-state index is 12.5. The molecule has 104 valence electrons. The molecule has 19 heavy (non-hydrogen) atoms. The molecule has 2 N–H and O–H groups in total. The molecule has 1 heterocycles. The minimum Gasteiger partial charge on any atom is -0.398 e. The summed E-state index contributed by atoms with van der Waals surface area (Å²) in [7, 11) is 2.09. The number of amides is 1. The number of nitrogens with two attached hydrogens (primary N) is 1. The van der Waals surface area contributed by atoms with Crippen LogP contribution >= 0.6 is 11.6 Å². The van der Waals surface area contributed by atoms with Gasteiger partial charge in [0, 0.05) is 35.9 Å². The van der Waals surface area contributed by atoms with Crippen LogP contribution in [0.4, 0.5) is 5.69 Å². The Balaban J connectivity index is 2.20. The molecule has 1 aromatic carbocycles. The predicted octanol–water partition coefficient (Wildman–Crippen LogP) is 2.09. The van der Waals surface area contributed by atoms with Gasteiger partial charge in [-0.1, -0.05) is 11.6 Å². The maximum Gasteiger partial charge on any atom is 0.256 e. The Hall–Kier alpha value is -1.26. The van der Waals surface area contributed by atoms with E-state index in [4.69, 9.17) is 17.3 Å². The van der Waals surface area contributed by atoms with Crippen molar-refractivity contribution in [2.45, 2.75) is 25.9 Å². The summed E-state index contributed by atoms with van der Waals surface area (Å²) < 4.78 is 0. The van der Waals surface area contributed by atoms with Gasteiger partial charge in [-0.3, -0.25) is 9.69 Å². The average Bonchev–Trinajstić information content (AvgIpc) is 2.34. The Morgan fingerprint density at radius 2 is 1.89 bits per heavy atom. The molecule has 2 rings (SSSR count). The summed E-state index contributed by atoms with van der Waals surface area (Å²) in [5.41, 5.74) is 6.86. The molecule has 5 heteroatoms. The maximum absolute atomic E-state index is 12.5. The number of halogens is 1. The van der Waals surface area contributed by atoms with Crippen LogP contribution in [0.2, 0.25) is 5.02 Å². The lowest BCUT2D eigenvalue weighted by atomic mass is 10.1. The molecular formula is C14H20ClN3O. The summed E-state index contributed by atoms with van der Waals surface area (Å²) in [6, 6.07) is 5.72. The number of anilines is 1. The highest BCUT2D eigenvalue weighted by molar-refractivity contribution is 6.31. The molecule has 1 saturated heterocycles. The van der Waals surface area contributed by atoms with Gasteiger partial charge < -0.3 is 10.6 Å². The van der Waals surface area contributed by atoms with Gasteiger partial charge in [0.1, 0.15) is 0 Å². The van der Waals surface area contributed by atoms with E-state index in [0.29, 0.717) is 28.4 Å². The van der Waals surface area contributed by atoms with Gasteiger partial charge in [-0.05, 0) is 39.1 Å². The largest absolute Gasteiger partial charge is 0.398 e. The van der Waals surface area contributed by atoms with Gasteiger partial charge in [-0.15, -0.1) is 0 Å². The molecule has 0 spiro atoms. The van der Waals surface area contributed by atoms with Crippen LogP contribution in [-0.4, -0.2) is 47.9 Å². The minimum absolute atomic E-state index is 0.0130. The lowest BCUT2D eigenvalue weighted by Crippen LogP contribution is -2.56. The van der Waals surface area contributed by atoms with Crippen molar-refractivity contribution >= 4 is 23.2 Å². The number of nitrogens with zero attached hydrogens (tertiary/aromatic N) is 2. The Kier molecular flexibility index (Phi) is 4.02. The van der Waals surface area contributed by atoms with E-state index in [0.717, 1.165) is 13.1 Å². The van der Waals surface area contributed by atoms with Crippen molar-refractivity contribution in [1.29, 1.82) is 0 Å². The first-order chi connectivity index (χ1) is 8.90. The van der Waals surface area contributed by atoms with Gasteiger partial charge >= 0.3 is 0 Å². The highest BCUT2D eigenvalue weighted by Crippen LogP contribution is 2.22. The number of benzene rings is 1. The van der Waals surface area contributed by atoms with E-state index in [1.165, 1.54) is 0 Å². The quantitative estimate of drug-likeness (QED) is 0.802. The van der Waals surface area contributed by atoms with Crippen molar-refractivity contribution in [3.63, 3.8) is 0 Å². The molecule has 4 nitrogen and oxygen atoms in total. The first-order valence-corrected chi connectivity index (χ1v) is 6.84. The smallest absolute Gasteiger partial charge is 0.256 e. The van der Waals surface area contributed by atoms with Gasteiger partial charge in [0.15, 0.2) is 0 Å². The molecule has 1 aromatic rings. The first kappa shape index (κ1) is 14.2. The van der Waals surface area contributed by atoms with Crippen LogP contribution in [0.25, 0.3) is 0 Å². The van der Waals surface area contributed by atoms with E-state index in [-0.39, 0.29) is 5.91 Å². The normalized spacial score (nSPS) is 24.5. The van der Waals surface area contributed by atoms with Crippen molar-refractivity contribution in [2.24, 2.45) is 0 Å². The number of rotatable bonds is 1. The Morgan fingerprint density at radius 3 is 2.42 bits per heavy atom. The summed E-state index contributed by atoms with van der Waals surface area (Å²) >= 11 is 5.86. The molecule has 0 aliphatic carbocycles. The number of likely N-dealkylation sites (N-methyl/N-ethyl adjacent to an activating group) is 1. The third kappa shape index (κ3) is 2.85. The Bertz CT molecular complexity index is 480. The Morgan fingerprint density at radius 1 is 1.32 bits per heavy atom. The molecule has 1 amide bonds. The van der Waals surface area contributed by atoms with Crippen LogP contribution in [0.5, 0.6) is 0 Å². The third-order valence-electron chi connectivity index (χ3n) is 3.89. The van der Waals surface area contributed by atoms with Gasteiger partial charge in [-0.25, -0.2) is 0 Å². The summed E-state index contributed by atoms with van der Waals surface area (Å²) in [4.78, 5) is 16.7. The van der Waals surface area contributed by atoms with Crippen LogP contribution in [0.15, 0.2) is 18.2 Å². The highest BCUT2D eigenvalue weighted by Gasteiger charge is 2.30. The molecule has 1 aliphatic rings. The standard InChI is InChI=1S/C14H20ClN3O/c1-9-7-18(8-10(2)17(9)3)14(19)12-5-4-11(15)6-13(12)16/h4-6,9-10H,7-8,16H2,1-3H3. The number of hydrogen-bond donors (Lipinski definition) is 1. The molecule has 2 unspecified atom stereocenters. The molecule has 0 saturated carbocycles.